The number of benzene rings is 1. The lowest BCUT2D eigenvalue weighted by Crippen LogP contribution is -2.41. The molecule has 0 N–H and O–H groups in total. The topological polar surface area (TPSA) is 52.6 Å². The van der Waals surface area contributed by atoms with Crippen molar-refractivity contribution < 1.29 is 17.6 Å². The van der Waals surface area contributed by atoms with Crippen molar-refractivity contribution in [3.05, 3.63) is 41.7 Å². The van der Waals surface area contributed by atoms with Crippen LogP contribution in [0.2, 0.25) is 18.1 Å². The van der Waals surface area contributed by atoms with E-state index in [0.717, 1.165) is 18.4 Å². The van der Waals surface area contributed by atoms with Crippen LogP contribution in [-0.2, 0) is 19.0 Å². The molecule has 1 aliphatic heterocycles. The van der Waals surface area contributed by atoms with E-state index in [9.17, 15) is 8.42 Å². The molecule has 0 aromatic heterocycles. The van der Waals surface area contributed by atoms with Gasteiger partial charge in [-0.3, -0.25) is 0 Å². The van der Waals surface area contributed by atoms with Crippen LogP contribution in [0, 0.1) is 6.92 Å². The van der Waals surface area contributed by atoms with Crippen LogP contribution in [-0.4, -0.2) is 35.2 Å². The summed E-state index contributed by atoms with van der Waals surface area (Å²) in [7, 11) is -5.33. The minimum absolute atomic E-state index is 0.148. The molecule has 1 atom stereocenters. The molecule has 0 fully saturated rings. The lowest BCUT2D eigenvalue weighted by atomic mass is 10.1. The summed E-state index contributed by atoms with van der Waals surface area (Å²) in [5, 5.41) is -0.492. The van der Waals surface area contributed by atoms with Gasteiger partial charge in [-0.15, -0.1) is 0 Å². The highest BCUT2D eigenvalue weighted by atomic mass is 32.2. The summed E-state index contributed by atoms with van der Waals surface area (Å²) in [6, 6.07) is 7.10. The largest absolute Gasteiger partial charge is 0.497 e. The van der Waals surface area contributed by atoms with Crippen LogP contribution in [0.3, 0.4) is 0 Å². The number of hydrogen-bond donors (Lipinski definition) is 0. The zero-order chi connectivity index (χ0) is 21.0. The van der Waals surface area contributed by atoms with E-state index in [0.29, 0.717) is 36.7 Å². The van der Waals surface area contributed by atoms with Crippen LogP contribution >= 0.6 is 0 Å². The van der Waals surface area contributed by atoms with Gasteiger partial charge in [0.2, 0.25) is 0 Å². The fourth-order valence-corrected chi connectivity index (χ4v) is 5.83. The van der Waals surface area contributed by atoms with E-state index in [-0.39, 0.29) is 5.04 Å². The van der Waals surface area contributed by atoms with Crippen LogP contribution in [0.15, 0.2) is 41.0 Å². The van der Waals surface area contributed by atoms with Crippen molar-refractivity contribution in [2.24, 2.45) is 0 Å². The molecule has 1 aliphatic rings. The lowest BCUT2D eigenvalue weighted by molar-refractivity contribution is 0.181. The number of allylic oxidation sites excluding steroid dienone is 1. The van der Waals surface area contributed by atoms with Crippen LogP contribution < -0.4 is 0 Å². The maximum absolute atomic E-state index is 13.3. The van der Waals surface area contributed by atoms with E-state index in [2.05, 4.69) is 33.9 Å². The molecule has 2 rings (SSSR count). The molecule has 0 bridgehead atoms. The Morgan fingerprint density at radius 2 is 1.82 bits per heavy atom. The van der Waals surface area contributed by atoms with Gasteiger partial charge in [0, 0.05) is 6.61 Å². The molecule has 0 radical (unpaired) electrons. The first-order chi connectivity index (χ1) is 12.9. The van der Waals surface area contributed by atoms with E-state index in [4.69, 9.17) is 9.16 Å². The van der Waals surface area contributed by atoms with Gasteiger partial charge in [0.25, 0.3) is 0 Å². The van der Waals surface area contributed by atoms with E-state index in [1.807, 2.05) is 25.1 Å². The van der Waals surface area contributed by atoms with Gasteiger partial charge < -0.3 is 9.16 Å². The van der Waals surface area contributed by atoms with Gasteiger partial charge in [0.15, 0.2) is 18.2 Å². The van der Waals surface area contributed by atoms with Crippen molar-refractivity contribution in [3.8, 4) is 0 Å². The predicted octanol–water partition coefficient (Wildman–Crippen LogP) is 5.63. The fourth-order valence-electron chi connectivity index (χ4n) is 2.96. The average molecular weight is 425 g/mol. The first-order valence-corrected chi connectivity index (χ1v) is 14.7. The van der Waals surface area contributed by atoms with Crippen LogP contribution in [0.4, 0.5) is 0 Å². The maximum Gasteiger partial charge on any atom is 0.191 e. The number of hydrogen-bond acceptors (Lipinski definition) is 4. The Morgan fingerprint density at radius 1 is 1.18 bits per heavy atom. The SMILES string of the molecule is Cc1ccc(S(=O)(=O)C(CCCO[Si](C)(C)C(C)(C)C)C2=CCCCO2)cc1. The molecule has 4 nitrogen and oxygen atoms in total. The molecular weight excluding hydrogens is 388 g/mol. The molecule has 0 aliphatic carbocycles. The van der Waals surface area contributed by atoms with E-state index < -0.39 is 23.4 Å². The van der Waals surface area contributed by atoms with Crippen molar-refractivity contribution in [1.82, 2.24) is 0 Å². The molecule has 0 amide bonds. The second kappa shape index (κ2) is 9.14. The van der Waals surface area contributed by atoms with Gasteiger partial charge >= 0.3 is 0 Å². The second-order valence-corrected chi connectivity index (χ2v) is 16.1. The molecule has 1 aromatic carbocycles. The summed E-state index contributed by atoms with van der Waals surface area (Å²) in [4.78, 5) is 0.364. The maximum atomic E-state index is 13.3. The van der Waals surface area contributed by atoms with Crippen molar-refractivity contribution in [1.29, 1.82) is 0 Å². The fraction of sp³-hybridized carbons (Fsp3) is 0.636. The highest BCUT2D eigenvalue weighted by Gasteiger charge is 2.37. The minimum Gasteiger partial charge on any atom is -0.497 e. The Balaban J connectivity index is 2.15. The highest BCUT2D eigenvalue weighted by Crippen LogP contribution is 2.37. The van der Waals surface area contributed by atoms with Crippen molar-refractivity contribution >= 4 is 18.2 Å². The molecule has 158 valence electrons. The molecular formula is C22H36O4SSi. The molecule has 0 spiro atoms. The third-order valence-electron chi connectivity index (χ3n) is 5.88. The number of aryl methyl sites for hydroxylation is 1. The third kappa shape index (κ3) is 5.71. The Hall–Kier alpha value is -1.11. The van der Waals surface area contributed by atoms with Gasteiger partial charge in [0.05, 0.1) is 11.5 Å². The van der Waals surface area contributed by atoms with Crippen molar-refractivity contribution in [2.45, 2.75) is 81.7 Å². The highest BCUT2D eigenvalue weighted by molar-refractivity contribution is 7.92. The summed E-state index contributed by atoms with van der Waals surface area (Å²) >= 11 is 0. The standard InChI is InChI=1S/C22H36O4SSi/c1-18-12-14-19(15-13-18)27(23,24)21(20-10-7-8-16-25-20)11-9-17-26-28(5,6)22(2,3)4/h10,12-15,21H,7-9,11,16-17H2,1-6H3. The Labute approximate surface area is 172 Å². The summed E-state index contributed by atoms with van der Waals surface area (Å²) in [6.45, 7) is 14.2. The van der Waals surface area contributed by atoms with Crippen molar-refractivity contribution in [3.63, 3.8) is 0 Å². The molecule has 1 unspecified atom stereocenters. The average Bonchev–Trinajstić information content (AvgIpc) is 2.61. The van der Waals surface area contributed by atoms with Gasteiger partial charge in [0.1, 0.15) is 11.0 Å². The Bertz CT molecular complexity index is 774. The molecule has 1 heterocycles. The van der Waals surface area contributed by atoms with Crippen molar-refractivity contribution in [2.75, 3.05) is 13.2 Å². The van der Waals surface area contributed by atoms with Gasteiger partial charge in [-0.1, -0.05) is 38.5 Å². The van der Waals surface area contributed by atoms with E-state index >= 15 is 0 Å². The van der Waals surface area contributed by atoms with Gasteiger partial charge in [-0.25, -0.2) is 8.42 Å². The Kier molecular flexibility index (Phi) is 7.56. The first-order valence-electron chi connectivity index (χ1n) is 10.2. The number of ether oxygens (including phenoxy) is 1. The number of rotatable bonds is 8. The summed E-state index contributed by atoms with van der Waals surface area (Å²) in [6.07, 6.45) is 4.97. The summed E-state index contributed by atoms with van der Waals surface area (Å²) < 4.78 is 38.7. The Morgan fingerprint density at radius 3 is 2.36 bits per heavy atom. The monoisotopic (exact) mass is 424 g/mol. The normalized spacial score (nSPS) is 17.0. The zero-order valence-electron chi connectivity index (χ0n) is 18.2. The molecule has 6 heteroatoms. The van der Waals surface area contributed by atoms with Crippen LogP contribution in [0.25, 0.3) is 0 Å². The van der Waals surface area contributed by atoms with E-state index in [1.54, 1.807) is 12.1 Å². The molecule has 0 saturated heterocycles. The van der Waals surface area contributed by atoms with E-state index in [1.165, 1.54) is 0 Å². The molecule has 0 saturated carbocycles. The summed E-state index contributed by atoms with van der Waals surface area (Å²) in [5.41, 5.74) is 1.05. The van der Waals surface area contributed by atoms with Crippen LogP contribution in [0.5, 0.6) is 0 Å². The lowest BCUT2D eigenvalue weighted by Gasteiger charge is -2.36. The third-order valence-corrected chi connectivity index (χ3v) is 12.6. The van der Waals surface area contributed by atoms with Gasteiger partial charge in [-0.05, 0) is 68.9 Å². The quantitative estimate of drug-likeness (QED) is 0.401. The number of sulfone groups is 1. The van der Waals surface area contributed by atoms with Gasteiger partial charge in [-0.2, -0.15) is 0 Å². The minimum atomic E-state index is -3.50. The first kappa shape index (κ1) is 23.2. The second-order valence-electron chi connectivity index (χ2n) is 9.19. The zero-order valence-corrected chi connectivity index (χ0v) is 20.1. The van der Waals surface area contributed by atoms with Crippen LogP contribution in [0.1, 0.15) is 52.0 Å². The smallest absolute Gasteiger partial charge is 0.191 e. The molecule has 1 aromatic rings. The predicted molar refractivity (Wildman–Crippen MR) is 118 cm³/mol. The summed E-state index contributed by atoms with van der Waals surface area (Å²) in [5.74, 6) is 0.610. The molecule has 28 heavy (non-hydrogen) atoms.